The van der Waals surface area contributed by atoms with E-state index in [4.69, 9.17) is 16.3 Å². The summed E-state index contributed by atoms with van der Waals surface area (Å²) in [6.07, 6.45) is 2.02. The largest absolute Gasteiger partial charge is 0.463 e. The molecule has 7 heteroatoms. The highest BCUT2D eigenvalue weighted by Gasteiger charge is 2.37. The molecule has 34 heavy (non-hydrogen) atoms. The van der Waals surface area contributed by atoms with Crippen LogP contribution in [-0.2, 0) is 20.9 Å². The lowest BCUT2D eigenvalue weighted by Crippen LogP contribution is -2.38. The minimum Gasteiger partial charge on any atom is -0.463 e. The first-order valence-electron chi connectivity index (χ1n) is 11.7. The molecule has 180 valence electrons. The Balaban J connectivity index is 1.92. The number of hydrogen-bond donors (Lipinski definition) is 1. The molecule has 2 aromatic carbocycles. The van der Waals surface area contributed by atoms with Crippen molar-refractivity contribution in [1.29, 1.82) is 0 Å². The fourth-order valence-corrected chi connectivity index (χ4v) is 4.44. The highest BCUT2D eigenvalue weighted by Crippen LogP contribution is 2.40. The number of carbonyl (C=O) groups excluding carboxylic acids is 3. The second-order valence-corrected chi connectivity index (χ2v) is 8.69. The molecule has 2 amide bonds. The number of allylic oxidation sites excluding steroid dienone is 1. The van der Waals surface area contributed by atoms with E-state index >= 15 is 0 Å². The molecule has 0 saturated heterocycles. The van der Waals surface area contributed by atoms with E-state index < -0.39 is 11.9 Å². The monoisotopic (exact) mass is 482 g/mol. The van der Waals surface area contributed by atoms with Crippen molar-refractivity contribution in [2.24, 2.45) is 0 Å². The maximum atomic E-state index is 13.2. The molecule has 1 atom stereocenters. The molecule has 0 aliphatic carbocycles. The van der Waals surface area contributed by atoms with Gasteiger partial charge in [-0.25, -0.2) is 4.79 Å². The van der Waals surface area contributed by atoms with Crippen molar-refractivity contribution in [2.45, 2.75) is 52.5 Å². The Morgan fingerprint density at radius 1 is 1.15 bits per heavy atom. The smallest absolute Gasteiger partial charge is 0.336 e. The van der Waals surface area contributed by atoms with Gasteiger partial charge >= 0.3 is 5.97 Å². The molecule has 1 unspecified atom stereocenters. The Bertz CT molecular complexity index is 1100. The van der Waals surface area contributed by atoms with Crippen molar-refractivity contribution in [1.82, 2.24) is 10.2 Å². The minimum atomic E-state index is -0.479. The first-order chi connectivity index (χ1) is 16.4. The summed E-state index contributed by atoms with van der Waals surface area (Å²) in [7, 11) is 0. The summed E-state index contributed by atoms with van der Waals surface area (Å²) in [5, 5.41) is 3.42. The summed E-state index contributed by atoms with van der Waals surface area (Å²) in [6.45, 7) is 6.68. The molecule has 1 heterocycles. The van der Waals surface area contributed by atoms with Crippen LogP contribution in [0.3, 0.4) is 0 Å². The van der Waals surface area contributed by atoms with E-state index in [1.807, 2.05) is 24.3 Å². The van der Waals surface area contributed by atoms with Gasteiger partial charge in [-0.3, -0.25) is 9.59 Å². The molecule has 1 N–H and O–H groups in total. The van der Waals surface area contributed by atoms with E-state index in [9.17, 15) is 14.4 Å². The lowest BCUT2D eigenvalue weighted by Gasteiger charge is -2.34. The molecular formula is C27H31ClN2O4. The number of nitrogens with one attached hydrogen (secondary N) is 1. The third-order valence-electron chi connectivity index (χ3n) is 5.94. The van der Waals surface area contributed by atoms with Crippen molar-refractivity contribution in [3.05, 3.63) is 81.5 Å². The molecular weight excluding hydrogens is 452 g/mol. The first-order valence-corrected chi connectivity index (χ1v) is 12.0. The number of unbranched alkanes of at least 4 members (excludes halogenated alkanes) is 1. The van der Waals surface area contributed by atoms with Gasteiger partial charge in [-0.05, 0) is 49.6 Å². The van der Waals surface area contributed by atoms with E-state index in [1.165, 1.54) is 0 Å². The molecule has 1 aliphatic heterocycles. The van der Waals surface area contributed by atoms with Gasteiger partial charge in [-0.1, -0.05) is 55.3 Å². The van der Waals surface area contributed by atoms with Gasteiger partial charge < -0.3 is 15.0 Å². The third-order valence-corrected chi connectivity index (χ3v) is 6.29. The molecule has 0 radical (unpaired) electrons. The second-order valence-electron chi connectivity index (χ2n) is 8.29. The number of carbonyl (C=O) groups is 3. The molecule has 6 nitrogen and oxygen atoms in total. The third kappa shape index (κ3) is 5.86. The number of halogens is 1. The number of ether oxygens (including phenoxy) is 1. The lowest BCUT2D eigenvalue weighted by atomic mass is 9.83. The molecule has 0 bridgehead atoms. The van der Waals surface area contributed by atoms with Crippen molar-refractivity contribution >= 4 is 29.4 Å². The van der Waals surface area contributed by atoms with Crippen molar-refractivity contribution in [3.63, 3.8) is 0 Å². The van der Waals surface area contributed by atoms with Gasteiger partial charge in [0.05, 0.1) is 18.7 Å². The number of hydrogen-bond acceptors (Lipinski definition) is 4. The van der Waals surface area contributed by atoms with Gasteiger partial charge in [0.25, 0.3) is 5.91 Å². The summed E-state index contributed by atoms with van der Waals surface area (Å²) >= 11 is 6.42. The number of rotatable bonds is 9. The van der Waals surface area contributed by atoms with Crippen LogP contribution < -0.4 is 5.32 Å². The van der Waals surface area contributed by atoms with E-state index in [0.29, 0.717) is 28.4 Å². The van der Waals surface area contributed by atoms with Crippen LogP contribution in [0.4, 0.5) is 0 Å². The van der Waals surface area contributed by atoms with Crippen LogP contribution in [0.25, 0.3) is 0 Å². The summed E-state index contributed by atoms with van der Waals surface area (Å²) in [5.41, 5.74) is 3.04. The van der Waals surface area contributed by atoms with Crippen molar-refractivity contribution < 1.29 is 19.1 Å². The normalized spacial score (nSPS) is 15.9. The Morgan fingerprint density at radius 3 is 2.62 bits per heavy atom. The van der Waals surface area contributed by atoms with Gasteiger partial charge in [0.1, 0.15) is 0 Å². The highest BCUT2D eigenvalue weighted by molar-refractivity contribution is 6.31. The molecule has 0 fully saturated rings. The summed E-state index contributed by atoms with van der Waals surface area (Å²) in [5.74, 6) is -1.19. The molecule has 0 saturated carbocycles. The Kier molecular flexibility index (Phi) is 8.88. The zero-order valence-electron chi connectivity index (χ0n) is 19.9. The molecule has 0 aromatic heterocycles. The van der Waals surface area contributed by atoms with Crippen LogP contribution in [-0.4, -0.2) is 35.8 Å². The van der Waals surface area contributed by atoms with Crippen LogP contribution in [0.15, 0.2) is 59.8 Å². The maximum absolute atomic E-state index is 13.2. The zero-order chi connectivity index (χ0) is 24.7. The Labute approximate surface area is 205 Å². The molecule has 1 aliphatic rings. The number of esters is 1. The summed E-state index contributed by atoms with van der Waals surface area (Å²) in [6, 6.07) is 14.5. The van der Waals surface area contributed by atoms with Gasteiger partial charge in [0, 0.05) is 35.2 Å². The van der Waals surface area contributed by atoms with E-state index in [0.717, 1.165) is 24.0 Å². The van der Waals surface area contributed by atoms with Crippen LogP contribution in [0.5, 0.6) is 0 Å². The average molecular weight is 483 g/mol. The summed E-state index contributed by atoms with van der Waals surface area (Å²) in [4.78, 5) is 40.3. The van der Waals surface area contributed by atoms with Crippen LogP contribution in [0.1, 0.15) is 67.4 Å². The Morgan fingerprint density at radius 2 is 1.91 bits per heavy atom. The van der Waals surface area contributed by atoms with E-state index in [2.05, 4.69) is 12.2 Å². The topological polar surface area (TPSA) is 75.7 Å². The fraction of sp³-hybridized carbons (Fsp3) is 0.370. The predicted molar refractivity (Wildman–Crippen MR) is 132 cm³/mol. The quantitative estimate of drug-likeness (QED) is 0.392. The maximum Gasteiger partial charge on any atom is 0.336 e. The lowest BCUT2D eigenvalue weighted by molar-refractivity contribution is -0.140. The molecule has 3 rings (SSSR count). The number of benzene rings is 2. The van der Waals surface area contributed by atoms with Crippen molar-refractivity contribution in [3.8, 4) is 0 Å². The van der Waals surface area contributed by atoms with E-state index in [1.54, 1.807) is 43.0 Å². The number of amides is 2. The van der Waals surface area contributed by atoms with Gasteiger partial charge in [-0.15, -0.1) is 0 Å². The standard InChI is InChI=1S/C27H31ClN2O4/c1-4-6-14-29-26(32)20-11-9-10-19(15-20)17-30-18(3)25(27(33)34-5-2)22(16-24(30)31)21-12-7-8-13-23(21)28/h7-13,15,22H,4-6,14,16-17H2,1-3H3,(H,29,32). The Hall–Kier alpha value is -3.12. The SMILES string of the molecule is CCCCNC(=O)c1cccc(CN2C(=O)CC(c3ccccc3Cl)C(C(=O)OCC)=C2C)c1. The van der Waals surface area contributed by atoms with Crippen LogP contribution >= 0.6 is 11.6 Å². The number of nitrogens with zero attached hydrogens (tertiary/aromatic N) is 1. The fourth-order valence-electron chi connectivity index (χ4n) is 4.17. The van der Waals surface area contributed by atoms with Gasteiger partial charge in [-0.2, -0.15) is 0 Å². The molecule has 2 aromatic rings. The van der Waals surface area contributed by atoms with Crippen molar-refractivity contribution in [2.75, 3.05) is 13.2 Å². The van der Waals surface area contributed by atoms with Gasteiger partial charge in [0.15, 0.2) is 0 Å². The summed E-state index contributed by atoms with van der Waals surface area (Å²) < 4.78 is 5.34. The highest BCUT2D eigenvalue weighted by atomic mass is 35.5. The average Bonchev–Trinajstić information content (AvgIpc) is 2.82. The van der Waals surface area contributed by atoms with E-state index in [-0.39, 0.29) is 31.4 Å². The van der Waals surface area contributed by atoms with Gasteiger partial charge in [0.2, 0.25) is 5.91 Å². The molecule has 0 spiro atoms. The second kappa shape index (κ2) is 11.8. The predicted octanol–water partition coefficient (Wildman–Crippen LogP) is 5.22. The minimum absolute atomic E-state index is 0.104. The van der Waals surface area contributed by atoms with Crippen LogP contribution in [0.2, 0.25) is 5.02 Å². The van der Waals surface area contributed by atoms with Crippen LogP contribution in [0, 0.1) is 0 Å². The zero-order valence-corrected chi connectivity index (χ0v) is 20.7. The first kappa shape index (κ1) is 25.5.